The summed E-state index contributed by atoms with van der Waals surface area (Å²) in [7, 11) is -3.69. The van der Waals surface area contributed by atoms with Crippen LogP contribution in [0.15, 0.2) is 23.1 Å². The summed E-state index contributed by atoms with van der Waals surface area (Å²) < 4.78 is 31.9. The van der Waals surface area contributed by atoms with E-state index in [4.69, 9.17) is 16.3 Å². The number of carbonyl (C=O) groups is 1. The van der Waals surface area contributed by atoms with Gasteiger partial charge in [-0.05, 0) is 38.0 Å². The minimum atomic E-state index is -3.69. The number of sulfonamides is 1. The Hall–Kier alpha value is -1.11. The topological polar surface area (TPSA) is 63.7 Å². The molecule has 122 valence electrons. The Morgan fingerprint density at radius 1 is 1.23 bits per heavy atom. The number of esters is 1. The van der Waals surface area contributed by atoms with E-state index >= 15 is 0 Å². The van der Waals surface area contributed by atoms with Gasteiger partial charge in [0.1, 0.15) is 4.90 Å². The Labute approximate surface area is 136 Å². The molecule has 1 heterocycles. The van der Waals surface area contributed by atoms with Crippen LogP contribution in [0.25, 0.3) is 0 Å². The van der Waals surface area contributed by atoms with Gasteiger partial charge in [0.25, 0.3) is 0 Å². The second-order valence-electron chi connectivity index (χ2n) is 5.18. The highest BCUT2D eigenvalue weighted by Gasteiger charge is 2.28. The van der Waals surface area contributed by atoms with Crippen molar-refractivity contribution < 1.29 is 17.9 Å². The van der Waals surface area contributed by atoms with E-state index < -0.39 is 16.0 Å². The molecule has 1 aliphatic heterocycles. The molecular formula is C15H20ClNO4S. The summed E-state index contributed by atoms with van der Waals surface area (Å²) in [6.07, 6.45) is 3.74. The third-order valence-corrected chi connectivity index (χ3v) is 6.01. The van der Waals surface area contributed by atoms with Crippen LogP contribution in [0.1, 0.15) is 43.0 Å². The molecule has 0 atom stereocenters. The normalized spacial score (nSPS) is 17.0. The fraction of sp³-hybridized carbons (Fsp3) is 0.533. The molecule has 7 heteroatoms. The lowest BCUT2D eigenvalue weighted by Crippen LogP contribution is -2.32. The second kappa shape index (κ2) is 7.44. The highest BCUT2D eigenvalue weighted by molar-refractivity contribution is 7.89. The Kier molecular flexibility index (Phi) is 5.83. The first-order chi connectivity index (χ1) is 10.5. The second-order valence-corrected chi connectivity index (χ2v) is 7.50. The number of nitrogens with zero attached hydrogens (tertiary/aromatic N) is 1. The summed E-state index contributed by atoms with van der Waals surface area (Å²) >= 11 is 6.06. The highest BCUT2D eigenvalue weighted by atomic mass is 35.5. The van der Waals surface area contributed by atoms with Gasteiger partial charge in [-0.15, -0.1) is 0 Å². The van der Waals surface area contributed by atoms with Gasteiger partial charge in [-0.25, -0.2) is 13.2 Å². The lowest BCUT2D eigenvalue weighted by Gasteiger charge is -2.20. The first-order valence-electron chi connectivity index (χ1n) is 7.43. The van der Waals surface area contributed by atoms with Crippen LogP contribution >= 0.6 is 11.6 Å². The van der Waals surface area contributed by atoms with Gasteiger partial charge in [0.15, 0.2) is 0 Å². The van der Waals surface area contributed by atoms with Crippen LogP contribution < -0.4 is 0 Å². The van der Waals surface area contributed by atoms with Gasteiger partial charge in [0.2, 0.25) is 10.0 Å². The van der Waals surface area contributed by atoms with E-state index in [0.29, 0.717) is 13.1 Å². The van der Waals surface area contributed by atoms with Crippen LogP contribution in [0.3, 0.4) is 0 Å². The van der Waals surface area contributed by atoms with Gasteiger partial charge in [-0.2, -0.15) is 4.31 Å². The van der Waals surface area contributed by atoms with Gasteiger partial charge in [0.05, 0.1) is 17.2 Å². The SMILES string of the molecule is CCOC(=O)c1ccc(Cl)c(S(=O)(=O)N2CCCCCC2)c1. The number of hydrogen-bond donors (Lipinski definition) is 0. The summed E-state index contributed by atoms with van der Waals surface area (Å²) in [5.74, 6) is -0.550. The zero-order valence-electron chi connectivity index (χ0n) is 12.5. The van der Waals surface area contributed by atoms with Crippen LogP contribution in [-0.4, -0.2) is 38.4 Å². The van der Waals surface area contributed by atoms with Crippen molar-refractivity contribution in [3.63, 3.8) is 0 Å². The van der Waals surface area contributed by atoms with Crippen molar-refractivity contribution in [3.05, 3.63) is 28.8 Å². The molecule has 1 aromatic carbocycles. The molecule has 1 aliphatic rings. The fourth-order valence-electron chi connectivity index (χ4n) is 2.46. The van der Waals surface area contributed by atoms with Gasteiger partial charge >= 0.3 is 5.97 Å². The molecule has 2 rings (SSSR count). The lowest BCUT2D eigenvalue weighted by molar-refractivity contribution is 0.0526. The molecule has 0 saturated carbocycles. The third kappa shape index (κ3) is 3.80. The first-order valence-corrected chi connectivity index (χ1v) is 9.25. The summed E-state index contributed by atoms with van der Waals surface area (Å²) in [4.78, 5) is 11.8. The maximum Gasteiger partial charge on any atom is 0.338 e. The zero-order chi connectivity index (χ0) is 16.2. The molecule has 0 aromatic heterocycles. The quantitative estimate of drug-likeness (QED) is 0.787. The van der Waals surface area contributed by atoms with Gasteiger partial charge in [-0.1, -0.05) is 24.4 Å². The highest BCUT2D eigenvalue weighted by Crippen LogP contribution is 2.27. The van der Waals surface area contributed by atoms with E-state index in [1.807, 2.05) is 0 Å². The monoisotopic (exact) mass is 345 g/mol. The largest absolute Gasteiger partial charge is 0.462 e. The number of halogens is 1. The molecule has 1 saturated heterocycles. The van der Waals surface area contributed by atoms with Crippen LogP contribution in [0, 0.1) is 0 Å². The Morgan fingerprint density at radius 2 is 1.86 bits per heavy atom. The maximum absolute atomic E-state index is 12.8. The molecule has 0 bridgehead atoms. The van der Waals surface area contributed by atoms with Gasteiger partial charge in [0, 0.05) is 13.1 Å². The number of hydrogen-bond acceptors (Lipinski definition) is 4. The van der Waals surface area contributed by atoms with Crippen LogP contribution in [0.4, 0.5) is 0 Å². The van der Waals surface area contributed by atoms with Crippen LogP contribution in [0.2, 0.25) is 5.02 Å². The van der Waals surface area contributed by atoms with Crippen LogP contribution in [0.5, 0.6) is 0 Å². The molecule has 5 nitrogen and oxygen atoms in total. The van der Waals surface area contributed by atoms with Crippen molar-refractivity contribution >= 4 is 27.6 Å². The molecule has 0 N–H and O–H groups in total. The number of carbonyl (C=O) groups excluding carboxylic acids is 1. The standard InChI is InChI=1S/C15H20ClNO4S/c1-2-21-15(18)12-7-8-13(16)14(11-12)22(19,20)17-9-5-3-4-6-10-17/h7-8,11H,2-6,9-10H2,1H3. The molecule has 22 heavy (non-hydrogen) atoms. The van der Waals surface area contributed by atoms with E-state index in [1.165, 1.54) is 22.5 Å². The average molecular weight is 346 g/mol. The molecule has 0 spiro atoms. The van der Waals surface area contributed by atoms with Crippen molar-refractivity contribution in [2.75, 3.05) is 19.7 Å². The molecule has 0 aliphatic carbocycles. The maximum atomic E-state index is 12.8. The van der Waals surface area contributed by atoms with Gasteiger partial charge in [-0.3, -0.25) is 0 Å². The minimum Gasteiger partial charge on any atom is -0.462 e. The summed E-state index contributed by atoms with van der Waals surface area (Å²) in [5, 5.41) is 0.122. The van der Waals surface area contributed by atoms with Gasteiger partial charge < -0.3 is 4.74 Å². The zero-order valence-corrected chi connectivity index (χ0v) is 14.1. The molecule has 1 fully saturated rings. The van der Waals surface area contributed by atoms with E-state index in [2.05, 4.69) is 0 Å². The predicted molar refractivity (Wildman–Crippen MR) is 84.6 cm³/mol. The minimum absolute atomic E-state index is 0.0263. The van der Waals surface area contributed by atoms with E-state index in [1.54, 1.807) is 6.92 Å². The Balaban J connectivity index is 2.36. The number of ether oxygens (including phenoxy) is 1. The predicted octanol–water partition coefficient (Wildman–Crippen LogP) is 3.08. The van der Waals surface area contributed by atoms with E-state index in [0.717, 1.165) is 25.7 Å². The Bertz CT molecular complexity index is 637. The van der Waals surface area contributed by atoms with Crippen molar-refractivity contribution in [2.45, 2.75) is 37.5 Å². The van der Waals surface area contributed by atoms with E-state index in [-0.39, 0.29) is 22.1 Å². The lowest BCUT2D eigenvalue weighted by atomic mass is 10.2. The molecule has 1 aromatic rings. The summed E-state index contributed by atoms with van der Waals surface area (Å²) in [6, 6.07) is 4.21. The molecule has 0 radical (unpaired) electrons. The first kappa shape index (κ1) is 17.2. The average Bonchev–Trinajstić information content (AvgIpc) is 2.77. The van der Waals surface area contributed by atoms with Crippen molar-refractivity contribution in [1.29, 1.82) is 0 Å². The van der Waals surface area contributed by atoms with Crippen LogP contribution in [-0.2, 0) is 14.8 Å². The number of benzene rings is 1. The summed E-state index contributed by atoms with van der Waals surface area (Å²) in [6.45, 7) is 2.91. The van der Waals surface area contributed by atoms with Crippen molar-refractivity contribution in [2.24, 2.45) is 0 Å². The third-order valence-electron chi connectivity index (χ3n) is 3.63. The Morgan fingerprint density at radius 3 is 2.45 bits per heavy atom. The summed E-state index contributed by atoms with van der Waals surface area (Å²) in [5.41, 5.74) is 0.194. The fourth-order valence-corrected chi connectivity index (χ4v) is 4.48. The number of rotatable bonds is 4. The van der Waals surface area contributed by atoms with Crippen molar-refractivity contribution in [1.82, 2.24) is 4.31 Å². The smallest absolute Gasteiger partial charge is 0.338 e. The van der Waals surface area contributed by atoms with Crippen molar-refractivity contribution in [3.8, 4) is 0 Å². The molecular weight excluding hydrogens is 326 g/mol. The van der Waals surface area contributed by atoms with E-state index in [9.17, 15) is 13.2 Å². The molecule has 0 amide bonds. The molecule has 0 unspecified atom stereocenters.